The molecule has 0 spiro atoms. The summed E-state index contributed by atoms with van der Waals surface area (Å²) >= 11 is 0. The molecule has 0 aliphatic heterocycles. The fourth-order valence-electron chi connectivity index (χ4n) is 0.943. The number of nitrogens with two attached hydrogens (primary N) is 1. The van der Waals surface area contributed by atoms with Crippen molar-refractivity contribution < 1.29 is 4.74 Å². The van der Waals surface area contributed by atoms with Gasteiger partial charge in [0.1, 0.15) is 0 Å². The van der Waals surface area contributed by atoms with E-state index in [-0.39, 0.29) is 6.10 Å². The minimum atomic E-state index is 0.288. The zero-order valence-corrected chi connectivity index (χ0v) is 8.10. The lowest BCUT2D eigenvalue weighted by Crippen LogP contribution is -2.09. The average Bonchev–Trinajstić information content (AvgIpc) is 2.45. The molecule has 0 unspecified atom stereocenters. The van der Waals surface area contributed by atoms with Crippen molar-refractivity contribution in [1.82, 2.24) is 15.0 Å². The highest BCUT2D eigenvalue weighted by atomic mass is 16.5. The molecule has 0 bridgehead atoms. The molecular formula is C8H16N4O. The Morgan fingerprint density at radius 2 is 2.38 bits per heavy atom. The summed E-state index contributed by atoms with van der Waals surface area (Å²) in [6.07, 6.45) is 2.74. The lowest BCUT2D eigenvalue weighted by molar-refractivity contribution is 0.0737. The van der Waals surface area contributed by atoms with Crippen LogP contribution in [-0.2, 0) is 11.3 Å². The molecule has 0 saturated heterocycles. The molecule has 1 aromatic heterocycles. The van der Waals surface area contributed by atoms with E-state index in [0.717, 1.165) is 19.6 Å². The van der Waals surface area contributed by atoms with Gasteiger partial charge in [0.2, 0.25) is 0 Å². The zero-order valence-electron chi connectivity index (χ0n) is 8.10. The Balaban J connectivity index is 2.13. The fourth-order valence-corrected chi connectivity index (χ4v) is 0.943. The molecule has 1 aromatic rings. The van der Waals surface area contributed by atoms with Crippen LogP contribution in [-0.4, -0.2) is 27.7 Å². The Kier molecular flexibility index (Phi) is 3.70. The number of aryl methyl sites for hydroxylation is 1. The number of ether oxygens (including phenoxy) is 1. The summed E-state index contributed by atoms with van der Waals surface area (Å²) in [4.78, 5) is 1.58. The van der Waals surface area contributed by atoms with E-state index in [4.69, 9.17) is 10.5 Å². The third kappa shape index (κ3) is 3.89. The summed E-state index contributed by atoms with van der Waals surface area (Å²) in [7, 11) is 0. The number of hydrogen-bond acceptors (Lipinski definition) is 4. The van der Waals surface area contributed by atoms with Crippen molar-refractivity contribution in [2.45, 2.75) is 32.9 Å². The normalized spacial score (nSPS) is 11.0. The van der Waals surface area contributed by atoms with Gasteiger partial charge in [-0.1, -0.05) is 0 Å². The summed E-state index contributed by atoms with van der Waals surface area (Å²) < 4.78 is 5.37. The van der Waals surface area contributed by atoms with Crippen molar-refractivity contribution in [2.75, 3.05) is 12.3 Å². The van der Waals surface area contributed by atoms with E-state index in [1.807, 2.05) is 13.8 Å². The van der Waals surface area contributed by atoms with Crippen LogP contribution in [0.2, 0.25) is 0 Å². The Morgan fingerprint density at radius 3 is 2.92 bits per heavy atom. The summed E-state index contributed by atoms with van der Waals surface area (Å²) in [6.45, 7) is 5.53. The van der Waals surface area contributed by atoms with Gasteiger partial charge in [0.05, 0.1) is 18.8 Å². The van der Waals surface area contributed by atoms with Crippen LogP contribution in [0.4, 0.5) is 5.82 Å². The lowest BCUT2D eigenvalue weighted by atomic mass is 10.4. The third-order valence-corrected chi connectivity index (χ3v) is 1.51. The van der Waals surface area contributed by atoms with Crippen LogP contribution in [0.15, 0.2) is 6.20 Å². The summed E-state index contributed by atoms with van der Waals surface area (Å²) in [5.41, 5.74) is 5.41. The van der Waals surface area contributed by atoms with Gasteiger partial charge in [0.25, 0.3) is 0 Å². The van der Waals surface area contributed by atoms with Gasteiger partial charge < -0.3 is 10.5 Å². The molecule has 5 heteroatoms. The van der Waals surface area contributed by atoms with Crippen LogP contribution < -0.4 is 5.73 Å². The predicted octanol–water partition coefficient (Wildman–Crippen LogP) is 0.675. The highest BCUT2D eigenvalue weighted by Crippen LogP contribution is 1.95. The Morgan fingerprint density at radius 1 is 1.62 bits per heavy atom. The van der Waals surface area contributed by atoms with Gasteiger partial charge in [-0.05, 0) is 20.3 Å². The van der Waals surface area contributed by atoms with Crippen LogP contribution in [0.5, 0.6) is 0 Å². The van der Waals surface area contributed by atoms with Gasteiger partial charge in [0, 0.05) is 6.61 Å². The van der Waals surface area contributed by atoms with E-state index < -0.39 is 0 Å². The van der Waals surface area contributed by atoms with E-state index in [1.54, 1.807) is 11.0 Å². The van der Waals surface area contributed by atoms with Gasteiger partial charge in [-0.2, -0.15) is 9.90 Å². The maximum absolute atomic E-state index is 5.41. The van der Waals surface area contributed by atoms with Crippen molar-refractivity contribution in [3.05, 3.63) is 6.20 Å². The minimum absolute atomic E-state index is 0.288. The van der Waals surface area contributed by atoms with Crippen molar-refractivity contribution in [3.8, 4) is 0 Å². The first-order chi connectivity index (χ1) is 6.18. The number of rotatable bonds is 5. The van der Waals surface area contributed by atoms with E-state index in [9.17, 15) is 0 Å². The maximum Gasteiger partial charge on any atom is 0.165 e. The lowest BCUT2D eigenvalue weighted by Gasteiger charge is -2.06. The molecule has 74 valence electrons. The Bertz CT molecular complexity index is 246. The van der Waals surface area contributed by atoms with Crippen LogP contribution in [0.1, 0.15) is 20.3 Å². The highest BCUT2D eigenvalue weighted by Gasteiger charge is 1.97. The number of nitrogens with zero attached hydrogens (tertiary/aromatic N) is 3. The molecule has 13 heavy (non-hydrogen) atoms. The van der Waals surface area contributed by atoms with Gasteiger partial charge in [-0.15, -0.1) is 5.10 Å². The molecular weight excluding hydrogens is 168 g/mol. The molecule has 5 nitrogen and oxygen atoms in total. The quantitative estimate of drug-likeness (QED) is 0.683. The van der Waals surface area contributed by atoms with Crippen LogP contribution in [0.3, 0.4) is 0 Å². The molecule has 2 N–H and O–H groups in total. The first kappa shape index (κ1) is 9.98. The summed E-state index contributed by atoms with van der Waals surface area (Å²) in [5, 5.41) is 7.91. The van der Waals surface area contributed by atoms with Crippen molar-refractivity contribution in [3.63, 3.8) is 0 Å². The number of hydrogen-bond donors (Lipinski definition) is 1. The molecule has 0 radical (unpaired) electrons. The Labute approximate surface area is 77.9 Å². The van der Waals surface area contributed by atoms with E-state index >= 15 is 0 Å². The molecule has 0 aromatic carbocycles. The molecule has 1 heterocycles. The smallest absolute Gasteiger partial charge is 0.165 e. The van der Waals surface area contributed by atoms with Crippen molar-refractivity contribution >= 4 is 5.82 Å². The fraction of sp³-hybridized carbons (Fsp3) is 0.750. The molecule has 1 rings (SSSR count). The second-order valence-electron chi connectivity index (χ2n) is 3.14. The molecule has 0 aliphatic carbocycles. The van der Waals surface area contributed by atoms with Crippen molar-refractivity contribution in [1.29, 1.82) is 0 Å². The molecule has 0 atom stereocenters. The van der Waals surface area contributed by atoms with E-state index in [2.05, 4.69) is 10.2 Å². The van der Waals surface area contributed by atoms with Gasteiger partial charge in [-0.25, -0.2) is 0 Å². The second kappa shape index (κ2) is 4.81. The predicted molar refractivity (Wildman–Crippen MR) is 50.1 cm³/mol. The summed E-state index contributed by atoms with van der Waals surface area (Å²) in [5.74, 6) is 0.463. The maximum atomic E-state index is 5.41. The third-order valence-electron chi connectivity index (χ3n) is 1.51. The van der Waals surface area contributed by atoms with Crippen LogP contribution >= 0.6 is 0 Å². The van der Waals surface area contributed by atoms with Gasteiger partial charge >= 0.3 is 0 Å². The molecule has 0 saturated carbocycles. The van der Waals surface area contributed by atoms with Crippen LogP contribution in [0, 0.1) is 0 Å². The van der Waals surface area contributed by atoms with E-state index in [0.29, 0.717) is 5.82 Å². The minimum Gasteiger partial charge on any atom is -0.381 e. The Hall–Kier alpha value is -1.10. The zero-order chi connectivity index (χ0) is 9.68. The first-order valence-electron chi connectivity index (χ1n) is 4.45. The SMILES string of the molecule is CC(C)OCCCn1ncc(N)n1. The van der Waals surface area contributed by atoms with E-state index in [1.165, 1.54) is 0 Å². The summed E-state index contributed by atoms with van der Waals surface area (Å²) in [6, 6.07) is 0. The van der Waals surface area contributed by atoms with Gasteiger partial charge in [-0.3, -0.25) is 0 Å². The van der Waals surface area contributed by atoms with Crippen LogP contribution in [0.25, 0.3) is 0 Å². The monoisotopic (exact) mass is 184 g/mol. The topological polar surface area (TPSA) is 66.0 Å². The number of anilines is 1. The number of aromatic nitrogens is 3. The van der Waals surface area contributed by atoms with Gasteiger partial charge in [0.15, 0.2) is 5.82 Å². The first-order valence-corrected chi connectivity index (χ1v) is 4.45. The molecule has 0 aliphatic rings. The standard InChI is InChI=1S/C8H16N4O/c1-7(2)13-5-3-4-12-10-6-8(9)11-12/h6-7H,3-5H2,1-2H3,(H2,9,11). The highest BCUT2D eigenvalue weighted by molar-refractivity contribution is 5.19. The van der Waals surface area contributed by atoms with Crippen molar-refractivity contribution in [2.24, 2.45) is 0 Å². The molecule has 0 amide bonds. The molecule has 0 fully saturated rings. The average molecular weight is 184 g/mol. The number of nitrogen functional groups attached to an aromatic ring is 1. The largest absolute Gasteiger partial charge is 0.381 e. The second-order valence-corrected chi connectivity index (χ2v) is 3.14.